The van der Waals surface area contributed by atoms with Crippen LogP contribution in [0, 0.1) is 24.0 Å². The van der Waals surface area contributed by atoms with Gasteiger partial charge in [-0.05, 0) is 90.3 Å². The van der Waals surface area contributed by atoms with Crippen molar-refractivity contribution in [1.29, 1.82) is 0 Å². The van der Waals surface area contributed by atoms with Gasteiger partial charge in [-0.2, -0.15) is 0 Å². The van der Waals surface area contributed by atoms with Crippen molar-refractivity contribution in [1.82, 2.24) is 9.80 Å². The smallest absolute Gasteiger partial charge is 0.410 e. The minimum Gasteiger partial charge on any atom is -0.444 e. The van der Waals surface area contributed by atoms with E-state index in [9.17, 15) is 13.6 Å². The number of ether oxygens (including phenoxy) is 1. The van der Waals surface area contributed by atoms with Crippen molar-refractivity contribution >= 4 is 11.8 Å². The van der Waals surface area contributed by atoms with Gasteiger partial charge < -0.3 is 14.5 Å². The van der Waals surface area contributed by atoms with Gasteiger partial charge in [0, 0.05) is 54.6 Å². The fraction of sp³-hybridized carbons (Fsp3) is 0.568. The molecule has 1 fully saturated rings. The molecule has 2 aliphatic rings. The van der Waals surface area contributed by atoms with Crippen LogP contribution in [-0.4, -0.2) is 58.9 Å². The van der Waals surface area contributed by atoms with E-state index in [0.717, 1.165) is 28.6 Å². The van der Waals surface area contributed by atoms with Crippen molar-refractivity contribution < 1.29 is 18.3 Å². The molecular formula is C37H55F2N3O2. The van der Waals surface area contributed by atoms with E-state index in [0.29, 0.717) is 37.2 Å². The first-order valence-electron chi connectivity index (χ1n) is 16.1. The lowest BCUT2D eigenvalue weighted by molar-refractivity contribution is -0.00418. The second kappa shape index (κ2) is 18.4. The van der Waals surface area contributed by atoms with Gasteiger partial charge in [0.05, 0.1) is 5.71 Å². The molecule has 0 spiro atoms. The number of amides is 1. The van der Waals surface area contributed by atoms with Crippen LogP contribution in [0.2, 0.25) is 0 Å². The lowest BCUT2D eigenvalue weighted by Crippen LogP contribution is -2.58. The van der Waals surface area contributed by atoms with E-state index in [4.69, 9.17) is 16.2 Å². The van der Waals surface area contributed by atoms with Gasteiger partial charge in [-0.1, -0.05) is 52.9 Å². The van der Waals surface area contributed by atoms with Crippen molar-refractivity contribution in [2.75, 3.05) is 19.6 Å². The molecule has 5 nitrogen and oxygen atoms in total. The fourth-order valence-electron chi connectivity index (χ4n) is 5.19. The minimum atomic E-state index is -0.611. The molecule has 0 saturated carbocycles. The molecule has 0 radical (unpaired) electrons. The standard InChI is InChI=1S/C30H37F2N3O2.C5H12.C2H6/c1-9-24-12-22(11-23-13-25(31)16-26(32)14-23)15-27(33-10-2)28(24)21(5)34-17-20(4)35(18-19(34)3)29(36)37-30(6,7)8;1-3-5-4-2;1-2/h1,12-16,19-20H,10-11,17-18H2,2-8H3;3-5H2,1-2H3;1-2H3/b28-21+,33-27?;;/t19-,20+;;/m0../s1. The highest BCUT2D eigenvalue weighted by Gasteiger charge is 2.36. The molecule has 0 bridgehead atoms. The molecule has 244 valence electrons. The van der Waals surface area contributed by atoms with Gasteiger partial charge in [-0.25, -0.2) is 13.6 Å². The Kier molecular flexibility index (Phi) is 16.2. The maximum atomic E-state index is 13.7. The predicted molar refractivity (Wildman–Crippen MR) is 181 cm³/mol. The van der Waals surface area contributed by atoms with E-state index in [1.165, 1.54) is 31.4 Å². The van der Waals surface area contributed by atoms with Crippen molar-refractivity contribution in [2.45, 2.75) is 120 Å². The highest BCUT2D eigenvalue weighted by molar-refractivity contribution is 6.14. The fourth-order valence-corrected chi connectivity index (χ4v) is 5.19. The molecule has 3 rings (SSSR count). The van der Waals surface area contributed by atoms with E-state index in [-0.39, 0.29) is 18.2 Å². The summed E-state index contributed by atoms with van der Waals surface area (Å²) >= 11 is 0. The molecule has 2 atom stereocenters. The molecule has 7 heteroatoms. The normalized spacial score (nSPS) is 20.3. The van der Waals surface area contributed by atoms with Gasteiger partial charge in [0.25, 0.3) is 0 Å². The Balaban J connectivity index is 0.00000125. The molecule has 1 saturated heterocycles. The second-order valence-corrected chi connectivity index (χ2v) is 12.0. The summed E-state index contributed by atoms with van der Waals surface area (Å²) in [6.45, 7) is 23.8. The second-order valence-electron chi connectivity index (χ2n) is 12.0. The van der Waals surface area contributed by atoms with Crippen molar-refractivity contribution in [2.24, 2.45) is 4.99 Å². The van der Waals surface area contributed by atoms with Crippen LogP contribution in [-0.2, 0) is 11.2 Å². The van der Waals surface area contributed by atoms with Crippen LogP contribution in [0.4, 0.5) is 13.6 Å². The number of allylic oxidation sites excluding steroid dienone is 6. The molecule has 1 aliphatic heterocycles. The highest BCUT2D eigenvalue weighted by atomic mass is 19.1. The summed E-state index contributed by atoms with van der Waals surface area (Å²) < 4.78 is 33.1. The Labute approximate surface area is 266 Å². The molecule has 1 heterocycles. The molecule has 0 N–H and O–H groups in total. The third kappa shape index (κ3) is 11.6. The molecule has 0 aromatic heterocycles. The maximum absolute atomic E-state index is 13.7. The number of unbranched alkanes of at least 4 members (excludes halogenated alkanes) is 2. The van der Waals surface area contributed by atoms with Crippen LogP contribution in [0.1, 0.15) is 101 Å². The van der Waals surface area contributed by atoms with Crippen LogP contribution in [0.3, 0.4) is 0 Å². The number of carbonyl (C=O) groups excluding carboxylic acids is 1. The van der Waals surface area contributed by atoms with Gasteiger partial charge in [0.1, 0.15) is 17.2 Å². The topological polar surface area (TPSA) is 45.1 Å². The first kappa shape index (κ1) is 38.6. The Morgan fingerprint density at radius 2 is 1.55 bits per heavy atom. The third-order valence-electron chi connectivity index (χ3n) is 7.11. The van der Waals surface area contributed by atoms with Crippen LogP contribution >= 0.6 is 0 Å². The summed E-state index contributed by atoms with van der Waals surface area (Å²) in [7, 11) is 0. The van der Waals surface area contributed by atoms with Gasteiger partial charge >= 0.3 is 6.09 Å². The lowest BCUT2D eigenvalue weighted by atomic mass is 9.88. The Morgan fingerprint density at radius 3 is 2.02 bits per heavy atom. The molecule has 1 aromatic rings. The first-order valence-corrected chi connectivity index (χ1v) is 16.1. The Bertz CT molecular complexity index is 1240. The quantitative estimate of drug-likeness (QED) is 0.301. The number of hydrogen-bond donors (Lipinski definition) is 0. The zero-order valence-electron chi connectivity index (χ0n) is 29.0. The number of rotatable bonds is 6. The largest absolute Gasteiger partial charge is 0.444 e. The van der Waals surface area contributed by atoms with E-state index in [2.05, 4.69) is 31.6 Å². The van der Waals surface area contributed by atoms with E-state index < -0.39 is 17.2 Å². The summed E-state index contributed by atoms with van der Waals surface area (Å²) in [5.74, 6) is 1.58. The monoisotopic (exact) mass is 611 g/mol. The summed E-state index contributed by atoms with van der Waals surface area (Å²) in [5.41, 5.74) is 4.06. The number of nitrogens with zero attached hydrogens (tertiary/aromatic N) is 3. The zero-order chi connectivity index (χ0) is 33.6. The zero-order valence-corrected chi connectivity index (χ0v) is 29.0. The SMILES string of the molecule is C#CC1=CC(Cc2cc(F)cc(F)c2)=CC(=NCC)/C1=C(\C)N1C[C@@H](C)N(C(=O)OC(C)(C)C)C[C@@H]1C.CC.CCCCC. The van der Waals surface area contributed by atoms with E-state index in [1.807, 2.05) is 67.5 Å². The number of aliphatic imine (C=N–C) groups is 1. The van der Waals surface area contributed by atoms with E-state index in [1.54, 1.807) is 4.90 Å². The van der Waals surface area contributed by atoms with Crippen LogP contribution in [0.5, 0.6) is 0 Å². The maximum Gasteiger partial charge on any atom is 0.410 e. The van der Waals surface area contributed by atoms with Gasteiger partial charge in [0.2, 0.25) is 0 Å². The number of halogens is 2. The minimum absolute atomic E-state index is 0.0266. The Hall–Kier alpha value is -3.40. The summed E-state index contributed by atoms with van der Waals surface area (Å²) in [6.07, 6.45) is 13.9. The number of piperazine rings is 1. The Morgan fingerprint density at radius 1 is 1.00 bits per heavy atom. The molecule has 1 aromatic carbocycles. The molecule has 1 aliphatic carbocycles. The van der Waals surface area contributed by atoms with Crippen LogP contribution < -0.4 is 0 Å². The van der Waals surface area contributed by atoms with Crippen LogP contribution in [0.25, 0.3) is 0 Å². The lowest BCUT2D eigenvalue weighted by Gasteiger charge is -2.46. The third-order valence-corrected chi connectivity index (χ3v) is 7.11. The molecule has 44 heavy (non-hydrogen) atoms. The van der Waals surface area contributed by atoms with Crippen molar-refractivity contribution in [3.63, 3.8) is 0 Å². The van der Waals surface area contributed by atoms with Gasteiger partial charge in [-0.3, -0.25) is 4.99 Å². The number of hydrogen-bond acceptors (Lipinski definition) is 4. The number of benzene rings is 1. The van der Waals surface area contributed by atoms with Gasteiger partial charge in [0.15, 0.2) is 0 Å². The molecular weight excluding hydrogens is 556 g/mol. The van der Waals surface area contributed by atoms with Crippen LogP contribution in [0.15, 0.2) is 57.8 Å². The average molecular weight is 612 g/mol. The predicted octanol–water partition coefficient (Wildman–Crippen LogP) is 9.29. The average Bonchev–Trinajstić information content (AvgIpc) is 2.94. The summed E-state index contributed by atoms with van der Waals surface area (Å²) in [4.78, 5) is 21.5. The summed E-state index contributed by atoms with van der Waals surface area (Å²) in [5, 5.41) is 0. The number of terminal acetylenes is 1. The van der Waals surface area contributed by atoms with Crippen molar-refractivity contribution in [3.8, 4) is 12.3 Å². The van der Waals surface area contributed by atoms with Gasteiger partial charge in [-0.15, -0.1) is 6.42 Å². The first-order chi connectivity index (χ1) is 20.7. The molecule has 0 unspecified atom stereocenters. The molecule has 1 amide bonds. The number of carbonyl (C=O) groups is 1. The highest BCUT2D eigenvalue weighted by Crippen LogP contribution is 2.31. The summed E-state index contributed by atoms with van der Waals surface area (Å²) in [6, 6.07) is 3.48. The van der Waals surface area contributed by atoms with Crippen molar-refractivity contribution in [3.05, 3.63) is 70.0 Å². The van der Waals surface area contributed by atoms with E-state index >= 15 is 0 Å².